The summed E-state index contributed by atoms with van der Waals surface area (Å²) in [6, 6.07) is 2.91. The van der Waals surface area contributed by atoms with Gasteiger partial charge in [0.1, 0.15) is 5.15 Å². The van der Waals surface area contributed by atoms with Gasteiger partial charge in [-0.15, -0.1) is 0 Å². The summed E-state index contributed by atoms with van der Waals surface area (Å²) in [5.41, 5.74) is 0. The molecule has 0 saturated carbocycles. The normalized spacial score (nSPS) is 11.8. The Morgan fingerprint density at radius 2 is 2.18 bits per heavy atom. The van der Waals surface area contributed by atoms with Gasteiger partial charge < -0.3 is 4.55 Å². The average Bonchev–Trinajstić information content (AvgIpc) is 1.88. The molecule has 0 aliphatic rings. The molecule has 1 unspecified atom stereocenters. The molecule has 1 aromatic rings. The number of nitrogens with zero attached hydrogens (tertiary/aromatic N) is 1. The maximum Gasteiger partial charge on any atom is 0.188 e. The van der Waals surface area contributed by atoms with Crippen molar-refractivity contribution in [2.45, 2.75) is 4.90 Å². The molecule has 1 atom stereocenters. The van der Waals surface area contributed by atoms with Crippen molar-refractivity contribution in [3.05, 3.63) is 23.5 Å². The van der Waals surface area contributed by atoms with E-state index in [0.29, 0.717) is 5.15 Å². The summed E-state index contributed by atoms with van der Waals surface area (Å²) in [4.78, 5) is 3.87. The summed E-state index contributed by atoms with van der Waals surface area (Å²) < 4.78 is 18.8. The van der Waals surface area contributed by atoms with E-state index in [1.54, 1.807) is 0 Å². The quantitative estimate of drug-likeness (QED) is 0.417. The summed E-state index contributed by atoms with van der Waals surface area (Å²) in [5, 5.41) is 0.314. The Bertz CT molecular complexity index is 253. The molecular formula is C5H4ClNNaO2S. The molecule has 6 heteroatoms. The molecule has 0 fully saturated rings. The van der Waals surface area contributed by atoms with Gasteiger partial charge in [0.15, 0.2) is 11.1 Å². The molecule has 0 aliphatic heterocycles. The minimum Gasteiger partial charge on any atom is -0.302 e. The minimum atomic E-state index is -1.96. The maximum absolute atomic E-state index is 10.3. The van der Waals surface area contributed by atoms with Crippen molar-refractivity contribution >= 4 is 52.2 Å². The molecule has 1 radical (unpaired) electrons. The van der Waals surface area contributed by atoms with E-state index in [0.717, 1.165) is 0 Å². The van der Waals surface area contributed by atoms with Gasteiger partial charge in [0, 0.05) is 35.8 Å². The smallest absolute Gasteiger partial charge is 0.188 e. The van der Waals surface area contributed by atoms with E-state index in [1.165, 1.54) is 18.3 Å². The van der Waals surface area contributed by atoms with Gasteiger partial charge in [0.2, 0.25) is 0 Å². The molecule has 0 bridgehead atoms. The largest absolute Gasteiger partial charge is 0.302 e. The predicted octanol–water partition coefficient (Wildman–Crippen LogP) is 0.935. The van der Waals surface area contributed by atoms with Crippen molar-refractivity contribution in [3.8, 4) is 0 Å². The van der Waals surface area contributed by atoms with Crippen molar-refractivity contribution in [2.24, 2.45) is 0 Å². The van der Waals surface area contributed by atoms with Crippen LogP contribution in [0.5, 0.6) is 0 Å². The van der Waals surface area contributed by atoms with E-state index < -0.39 is 11.1 Å². The second kappa shape index (κ2) is 5.24. The Kier molecular flexibility index (Phi) is 5.50. The predicted molar refractivity (Wildman–Crippen MR) is 44.0 cm³/mol. The van der Waals surface area contributed by atoms with Crippen LogP contribution in [-0.4, -0.2) is 43.3 Å². The number of hydrogen-bond donors (Lipinski definition) is 1. The van der Waals surface area contributed by atoms with Crippen LogP contribution >= 0.6 is 11.6 Å². The Morgan fingerprint density at radius 3 is 2.55 bits per heavy atom. The van der Waals surface area contributed by atoms with Crippen LogP contribution < -0.4 is 0 Å². The summed E-state index contributed by atoms with van der Waals surface area (Å²) in [6.45, 7) is 0. The zero-order valence-corrected chi connectivity index (χ0v) is 9.39. The molecule has 11 heavy (non-hydrogen) atoms. The van der Waals surface area contributed by atoms with E-state index in [4.69, 9.17) is 16.2 Å². The molecule has 0 amide bonds. The van der Waals surface area contributed by atoms with Gasteiger partial charge in [0.05, 0.1) is 4.90 Å². The van der Waals surface area contributed by atoms with Crippen LogP contribution in [0.4, 0.5) is 0 Å². The van der Waals surface area contributed by atoms with Crippen molar-refractivity contribution in [3.63, 3.8) is 0 Å². The first-order valence-electron chi connectivity index (χ1n) is 2.42. The maximum atomic E-state index is 10.3. The molecule has 0 saturated heterocycles. The fourth-order valence-corrected chi connectivity index (χ4v) is 0.905. The molecule has 1 N–H and O–H groups in total. The SMILES string of the molecule is O=S(O)c1ccc(Cl)nc1.[Na]. The number of hydrogen-bond acceptors (Lipinski definition) is 2. The van der Waals surface area contributed by atoms with E-state index in [9.17, 15) is 4.21 Å². The zero-order chi connectivity index (χ0) is 7.56. The Morgan fingerprint density at radius 1 is 1.55 bits per heavy atom. The minimum absolute atomic E-state index is 0. The third-order valence-corrected chi connectivity index (χ3v) is 1.77. The molecular weight excluding hydrogens is 197 g/mol. The molecule has 1 aromatic heterocycles. The topological polar surface area (TPSA) is 50.2 Å². The first-order valence-corrected chi connectivity index (χ1v) is 3.91. The molecule has 55 valence electrons. The van der Waals surface area contributed by atoms with Crippen LogP contribution in [0.1, 0.15) is 0 Å². The standard InChI is InChI=1S/C5H4ClNO2S.Na/c6-5-2-1-4(3-7-5)10(8)9;/h1-3H,(H,8,9);. The Hall–Kier alpha value is 0.550. The van der Waals surface area contributed by atoms with Crippen LogP contribution in [-0.2, 0) is 11.1 Å². The van der Waals surface area contributed by atoms with Gasteiger partial charge in [0.25, 0.3) is 0 Å². The third-order valence-electron chi connectivity index (χ3n) is 0.902. The van der Waals surface area contributed by atoms with E-state index in [2.05, 4.69) is 4.98 Å². The third kappa shape index (κ3) is 3.64. The van der Waals surface area contributed by atoms with Crippen molar-refractivity contribution in [1.29, 1.82) is 0 Å². The second-order valence-electron chi connectivity index (χ2n) is 1.57. The van der Waals surface area contributed by atoms with Gasteiger partial charge in [-0.05, 0) is 12.1 Å². The number of aromatic nitrogens is 1. The zero-order valence-electron chi connectivity index (χ0n) is 5.82. The van der Waals surface area contributed by atoms with Gasteiger partial charge >= 0.3 is 0 Å². The molecule has 0 aliphatic carbocycles. The Balaban J connectivity index is 0.000001000. The fraction of sp³-hybridized carbons (Fsp3) is 0. The first kappa shape index (κ1) is 11.6. The molecule has 0 aromatic carbocycles. The number of rotatable bonds is 1. The molecule has 1 rings (SSSR count). The monoisotopic (exact) mass is 200 g/mol. The number of halogens is 1. The van der Waals surface area contributed by atoms with Crippen LogP contribution in [0.15, 0.2) is 23.2 Å². The van der Waals surface area contributed by atoms with Crippen LogP contribution in [0, 0.1) is 0 Å². The summed E-state index contributed by atoms with van der Waals surface area (Å²) in [6.07, 6.45) is 1.26. The second-order valence-corrected chi connectivity index (χ2v) is 2.92. The fourth-order valence-electron chi connectivity index (χ4n) is 0.466. The Labute approximate surface area is 93.7 Å². The molecule has 0 spiro atoms. The van der Waals surface area contributed by atoms with Crippen LogP contribution in [0.3, 0.4) is 0 Å². The van der Waals surface area contributed by atoms with Crippen LogP contribution in [0.2, 0.25) is 5.15 Å². The molecule has 1 heterocycles. The van der Waals surface area contributed by atoms with Gasteiger partial charge in [-0.25, -0.2) is 9.19 Å². The van der Waals surface area contributed by atoms with Crippen molar-refractivity contribution in [1.82, 2.24) is 4.98 Å². The van der Waals surface area contributed by atoms with Gasteiger partial charge in [-0.2, -0.15) is 0 Å². The summed E-state index contributed by atoms with van der Waals surface area (Å²) in [7, 11) is 0. The molecule has 3 nitrogen and oxygen atoms in total. The average molecular weight is 201 g/mol. The summed E-state index contributed by atoms with van der Waals surface area (Å²) >= 11 is 3.47. The van der Waals surface area contributed by atoms with Gasteiger partial charge in [-0.1, -0.05) is 11.6 Å². The first-order chi connectivity index (χ1) is 4.70. The van der Waals surface area contributed by atoms with Crippen molar-refractivity contribution in [2.75, 3.05) is 0 Å². The van der Waals surface area contributed by atoms with Crippen molar-refractivity contribution < 1.29 is 8.76 Å². The number of pyridine rings is 1. The van der Waals surface area contributed by atoms with E-state index in [1.807, 2.05) is 0 Å². The van der Waals surface area contributed by atoms with Crippen LogP contribution in [0.25, 0.3) is 0 Å². The summed E-state index contributed by atoms with van der Waals surface area (Å²) in [5.74, 6) is 0. The van der Waals surface area contributed by atoms with E-state index >= 15 is 0 Å². The van der Waals surface area contributed by atoms with E-state index in [-0.39, 0.29) is 34.5 Å². The van der Waals surface area contributed by atoms with Gasteiger partial charge in [-0.3, -0.25) is 0 Å².